The number of rotatable bonds is 14. The van der Waals surface area contributed by atoms with E-state index in [9.17, 15) is 0 Å². The van der Waals surface area contributed by atoms with Crippen LogP contribution in [0.1, 0.15) is 98.7 Å². The van der Waals surface area contributed by atoms with Gasteiger partial charge >= 0.3 is 40.0 Å². The zero-order valence-electron chi connectivity index (χ0n) is 17.0. The van der Waals surface area contributed by atoms with Gasteiger partial charge in [-0.05, 0) is 12.3 Å². The molecule has 0 amide bonds. The number of hydrogen-bond donors (Lipinski definition) is 3. The molecule has 0 aromatic heterocycles. The molecule has 0 saturated carbocycles. The normalized spacial score (nSPS) is 12.0. The summed E-state index contributed by atoms with van der Waals surface area (Å²) < 4.78 is 31.6. The van der Waals surface area contributed by atoms with Crippen LogP contribution < -0.4 is 29.6 Å². The minimum atomic E-state index is -4.67. The van der Waals surface area contributed by atoms with Crippen molar-refractivity contribution in [3.05, 3.63) is 0 Å². The second-order valence-corrected chi connectivity index (χ2v) is 7.29. The third-order valence-electron chi connectivity index (χ3n) is 3.91. The molecular weight excluding hydrogens is 339 g/mol. The predicted molar refractivity (Wildman–Crippen MR) is 97.2 cm³/mol. The Hall–Kier alpha value is 0.830. The van der Waals surface area contributed by atoms with Gasteiger partial charge in [0, 0.05) is 6.61 Å². The summed E-state index contributed by atoms with van der Waals surface area (Å²) in [5.74, 6) is 0.912. The first-order valence-corrected chi connectivity index (χ1v) is 10.5. The number of unbranched alkanes of at least 4 members (excludes halogenated alkanes) is 9. The van der Waals surface area contributed by atoms with Crippen molar-refractivity contribution in [2.45, 2.75) is 97.3 Å². The summed E-state index contributed by atoms with van der Waals surface area (Å²) >= 11 is 0. The van der Waals surface area contributed by atoms with Gasteiger partial charge in [-0.15, -0.1) is 0 Å². The van der Waals surface area contributed by atoms with Crippen LogP contribution >= 0.6 is 0 Å². The van der Waals surface area contributed by atoms with Gasteiger partial charge in [0.1, 0.15) is 0 Å². The summed E-state index contributed by atoms with van der Waals surface area (Å²) in [7, 11) is -4.67. The van der Waals surface area contributed by atoms with Crippen molar-refractivity contribution < 1.29 is 53.6 Å². The fourth-order valence-corrected chi connectivity index (χ4v) is 2.55. The Bertz CT molecular complexity index is 321. The second kappa shape index (κ2) is 21.9. The van der Waals surface area contributed by atoms with E-state index in [1.807, 2.05) is 0 Å². The average Bonchev–Trinajstić information content (AvgIpc) is 2.44. The minimum Gasteiger partial charge on any atom is -1.00 e. The molecule has 5 nitrogen and oxygen atoms in total. The van der Waals surface area contributed by atoms with Crippen LogP contribution in [-0.4, -0.2) is 29.2 Å². The molecule has 1 unspecified atom stereocenters. The largest absolute Gasteiger partial charge is 1.00 e. The van der Waals surface area contributed by atoms with Crippen molar-refractivity contribution in [3.8, 4) is 0 Å². The van der Waals surface area contributed by atoms with Gasteiger partial charge in [0.05, 0.1) is 0 Å². The fourth-order valence-electron chi connectivity index (χ4n) is 2.55. The van der Waals surface area contributed by atoms with E-state index in [4.69, 9.17) is 22.6 Å². The van der Waals surface area contributed by atoms with Crippen molar-refractivity contribution in [3.63, 3.8) is 0 Å². The van der Waals surface area contributed by atoms with Gasteiger partial charge < -0.3 is 6.53 Å². The summed E-state index contributed by atoms with van der Waals surface area (Å²) in [5, 5.41) is 8.70. The molecule has 24 heavy (non-hydrogen) atoms. The molecule has 0 aromatic rings. The Labute approximate surface area is 173 Å². The quantitative estimate of drug-likeness (QED) is 0.245. The molecule has 0 aliphatic rings. The SMILES string of the molecule is CCCCCCCCCC(C)CCCCCCO.O=S(=O)(O)O.[H-].[Na+]. The number of hydrogen-bond acceptors (Lipinski definition) is 3. The van der Waals surface area contributed by atoms with Gasteiger partial charge in [0.2, 0.25) is 0 Å². The van der Waals surface area contributed by atoms with Crippen molar-refractivity contribution >= 4 is 10.4 Å². The molecule has 0 aromatic carbocycles. The van der Waals surface area contributed by atoms with Crippen LogP contribution in [0.5, 0.6) is 0 Å². The molecule has 0 radical (unpaired) electrons. The maximum atomic E-state index is 8.74. The second-order valence-electron chi connectivity index (χ2n) is 6.39. The van der Waals surface area contributed by atoms with E-state index in [0.717, 1.165) is 12.3 Å². The Balaban J connectivity index is -0.000000276. The maximum Gasteiger partial charge on any atom is 1.00 e. The van der Waals surface area contributed by atoms with Crippen LogP contribution in [-0.2, 0) is 10.4 Å². The molecule has 0 aliphatic carbocycles. The third-order valence-corrected chi connectivity index (χ3v) is 3.91. The van der Waals surface area contributed by atoms with Crippen molar-refractivity contribution in [1.29, 1.82) is 0 Å². The standard InChI is InChI=1S/C17H36O.Na.H2O4S.H/c1-3-4-5-6-7-8-11-14-17(2)15-12-9-10-13-16-18;;1-5(2,3)4;/h17-18H,3-16H2,1-2H3;;(H2,1,2,3,4);/q;+1;;-1. The third kappa shape index (κ3) is 38.4. The Morgan fingerprint density at radius 1 is 0.792 bits per heavy atom. The van der Waals surface area contributed by atoms with Gasteiger partial charge in [-0.1, -0.05) is 90.9 Å². The van der Waals surface area contributed by atoms with Crippen LogP contribution in [0.25, 0.3) is 0 Å². The molecule has 0 aliphatic heterocycles. The molecule has 144 valence electrons. The van der Waals surface area contributed by atoms with Crippen LogP contribution in [0.3, 0.4) is 0 Å². The molecule has 1 atom stereocenters. The topological polar surface area (TPSA) is 94.8 Å². The minimum absolute atomic E-state index is 0. The summed E-state index contributed by atoms with van der Waals surface area (Å²) in [5.41, 5.74) is 0. The van der Waals surface area contributed by atoms with Crippen LogP contribution in [0.4, 0.5) is 0 Å². The predicted octanol–water partition coefficient (Wildman–Crippen LogP) is 2.17. The molecule has 0 saturated heterocycles. The van der Waals surface area contributed by atoms with E-state index in [2.05, 4.69) is 13.8 Å². The molecule has 0 spiro atoms. The Morgan fingerprint density at radius 3 is 1.50 bits per heavy atom. The fraction of sp³-hybridized carbons (Fsp3) is 1.00. The molecule has 7 heteroatoms. The first-order valence-electron chi connectivity index (χ1n) is 9.12. The van der Waals surface area contributed by atoms with Crippen molar-refractivity contribution in [2.24, 2.45) is 5.92 Å². The molecule has 0 heterocycles. The molecular formula is C17H39NaO5S. The van der Waals surface area contributed by atoms with E-state index in [1.54, 1.807) is 0 Å². The average molecular weight is 379 g/mol. The van der Waals surface area contributed by atoms with Crippen molar-refractivity contribution in [2.75, 3.05) is 6.61 Å². The monoisotopic (exact) mass is 378 g/mol. The van der Waals surface area contributed by atoms with E-state index in [0.29, 0.717) is 6.61 Å². The van der Waals surface area contributed by atoms with Gasteiger partial charge in [0.25, 0.3) is 0 Å². The molecule has 0 fully saturated rings. The molecule has 3 N–H and O–H groups in total. The Morgan fingerprint density at radius 2 is 1.12 bits per heavy atom. The first-order chi connectivity index (χ1) is 10.8. The van der Waals surface area contributed by atoms with Crippen LogP contribution in [0.2, 0.25) is 0 Å². The first kappa shape index (κ1) is 29.6. The smallest absolute Gasteiger partial charge is 1.00 e. The zero-order chi connectivity index (χ0) is 18.0. The van der Waals surface area contributed by atoms with E-state index in [1.165, 1.54) is 77.0 Å². The summed E-state index contributed by atoms with van der Waals surface area (Å²) in [4.78, 5) is 0. The van der Waals surface area contributed by atoms with E-state index < -0.39 is 10.4 Å². The number of aliphatic hydroxyl groups is 1. The van der Waals surface area contributed by atoms with Gasteiger partial charge in [-0.2, -0.15) is 8.42 Å². The van der Waals surface area contributed by atoms with Gasteiger partial charge in [-0.3, -0.25) is 9.11 Å². The summed E-state index contributed by atoms with van der Waals surface area (Å²) in [6.07, 6.45) is 17.7. The van der Waals surface area contributed by atoms with Crippen molar-refractivity contribution in [1.82, 2.24) is 0 Å². The molecule has 0 rings (SSSR count). The summed E-state index contributed by atoms with van der Waals surface area (Å²) in [6, 6.07) is 0. The van der Waals surface area contributed by atoms with Gasteiger partial charge in [0.15, 0.2) is 0 Å². The van der Waals surface area contributed by atoms with Crippen LogP contribution in [0.15, 0.2) is 0 Å². The number of aliphatic hydroxyl groups excluding tert-OH is 1. The zero-order valence-corrected chi connectivity index (χ0v) is 18.9. The Kier molecular flexibility index (Phi) is 27.0. The van der Waals surface area contributed by atoms with E-state index in [-0.39, 0.29) is 31.0 Å². The molecule has 0 bridgehead atoms. The summed E-state index contributed by atoms with van der Waals surface area (Å²) in [6.45, 7) is 5.05. The maximum absolute atomic E-state index is 8.74. The van der Waals surface area contributed by atoms with Crippen LogP contribution in [0, 0.1) is 5.92 Å². The van der Waals surface area contributed by atoms with Gasteiger partial charge in [-0.25, -0.2) is 0 Å². The van der Waals surface area contributed by atoms with E-state index >= 15 is 0 Å².